The topological polar surface area (TPSA) is 81.4 Å². The maximum absolute atomic E-state index is 12.4. The molecule has 1 aliphatic heterocycles. The van der Waals surface area contributed by atoms with E-state index in [0.29, 0.717) is 6.61 Å². The summed E-state index contributed by atoms with van der Waals surface area (Å²) in [6.07, 6.45) is 0.282. The van der Waals surface area contributed by atoms with Crippen molar-refractivity contribution in [2.24, 2.45) is 5.73 Å². The monoisotopic (exact) mass is 276 g/mol. The van der Waals surface area contributed by atoms with Crippen LogP contribution >= 0.6 is 0 Å². The number of primary amides is 1. The Kier molecular flexibility index (Phi) is 4.09. The zero-order valence-corrected chi connectivity index (χ0v) is 11.8. The van der Waals surface area contributed by atoms with Crippen LogP contribution in [0.2, 0.25) is 0 Å². The summed E-state index contributed by atoms with van der Waals surface area (Å²) in [6.45, 7) is 4.06. The second-order valence-corrected chi connectivity index (χ2v) is 5.72. The van der Waals surface area contributed by atoms with Gasteiger partial charge in [-0.05, 0) is 31.4 Å². The van der Waals surface area contributed by atoms with Gasteiger partial charge in [-0.25, -0.2) is 0 Å². The predicted octanol–water partition coefficient (Wildman–Crippen LogP) is 1.07. The fourth-order valence-corrected chi connectivity index (χ4v) is 2.49. The maximum atomic E-state index is 12.4. The molecular formula is C15H20N2O3. The van der Waals surface area contributed by atoms with Gasteiger partial charge in [-0.3, -0.25) is 9.59 Å². The summed E-state index contributed by atoms with van der Waals surface area (Å²) in [5, 5.41) is 2.83. The highest BCUT2D eigenvalue weighted by Crippen LogP contribution is 2.27. The second-order valence-electron chi connectivity index (χ2n) is 5.72. The summed E-state index contributed by atoms with van der Waals surface area (Å²) in [5.74, 6) is -0.677. The minimum absolute atomic E-state index is 0.0904. The number of nitrogens with one attached hydrogen (secondary N) is 1. The molecule has 1 aliphatic rings. The van der Waals surface area contributed by atoms with E-state index in [2.05, 4.69) is 5.32 Å². The Labute approximate surface area is 118 Å². The molecule has 0 fully saturated rings. The largest absolute Gasteiger partial charge is 0.370 e. The number of carbonyl (C=O) groups is 2. The number of benzene rings is 1. The highest BCUT2D eigenvalue weighted by Gasteiger charge is 2.31. The molecule has 1 atom stereocenters. The Morgan fingerprint density at radius 1 is 1.40 bits per heavy atom. The third-order valence-corrected chi connectivity index (χ3v) is 3.31. The van der Waals surface area contributed by atoms with E-state index in [-0.39, 0.29) is 12.3 Å². The van der Waals surface area contributed by atoms with Crippen LogP contribution < -0.4 is 11.1 Å². The van der Waals surface area contributed by atoms with Crippen LogP contribution in [0.15, 0.2) is 24.3 Å². The third kappa shape index (κ3) is 3.36. The van der Waals surface area contributed by atoms with E-state index >= 15 is 0 Å². The van der Waals surface area contributed by atoms with Gasteiger partial charge in [-0.15, -0.1) is 0 Å². The van der Waals surface area contributed by atoms with Crippen LogP contribution in [0.3, 0.4) is 0 Å². The summed E-state index contributed by atoms with van der Waals surface area (Å²) in [5.41, 5.74) is 6.53. The van der Waals surface area contributed by atoms with Gasteiger partial charge in [-0.2, -0.15) is 0 Å². The van der Waals surface area contributed by atoms with Crippen LogP contribution in [0, 0.1) is 0 Å². The van der Waals surface area contributed by atoms with E-state index in [1.165, 1.54) is 0 Å². The molecular weight excluding hydrogens is 256 g/mol. The molecule has 0 bridgehead atoms. The Morgan fingerprint density at radius 2 is 2.10 bits per heavy atom. The van der Waals surface area contributed by atoms with Crippen LogP contribution in [0.1, 0.15) is 37.5 Å². The van der Waals surface area contributed by atoms with Gasteiger partial charge < -0.3 is 15.8 Å². The smallest absolute Gasteiger partial charge is 0.254 e. The average Bonchev–Trinajstić information content (AvgIpc) is 2.35. The normalized spacial score (nSPS) is 18.2. The first-order valence-corrected chi connectivity index (χ1v) is 6.69. The van der Waals surface area contributed by atoms with Crippen LogP contribution in [0.5, 0.6) is 0 Å². The number of hydrogen-bond donors (Lipinski definition) is 2. The molecule has 0 aromatic heterocycles. The van der Waals surface area contributed by atoms with E-state index in [1.54, 1.807) is 13.8 Å². The lowest BCUT2D eigenvalue weighted by Crippen LogP contribution is -2.48. The van der Waals surface area contributed by atoms with Gasteiger partial charge >= 0.3 is 0 Å². The van der Waals surface area contributed by atoms with E-state index in [0.717, 1.165) is 17.5 Å². The maximum Gasteiger partial charge on any atom is 0.254 e. The van der Waals surface area contributed by atoms with Gasteiger partial charge in [0.05, 0.1) is 6.61 Å². The molecule has 5 nitrogen and oxygen atoms in total. The molecule has 0 saturated carbocycles. The quantitative estimate of drug-likeness (QED) is 0.863. The van der Waals surface area contributed by atoms with E-state index in [1.807, 2.05) is 24.3 Å². The molecule has 1 aromatic rings. The summed E-state index contributed by atoms with van der Waals surface area (Å²) in [6, 6.07) is 7.75. The Bertz CT molecular complexity index is 526. The van der Waals surface area contributed by atoms with Crippen LogP contribution in [0.4, 0.5) is 0 Å². The highest BCUT2D eigenvalue weighted by molar-refractivity contribution is 5.84. The number of rotatable bonds is 4. The minimum atomic E-state index is -0.682. The van der Waals surface area contributed by atoms with Gasteiger partial charge in [0.1, 0.15) is 0 Å². The standard InChI is InChI=1S/C15H20N2O3/c1-15(2,9-12(16)18)17-14(19)13-11-6-4-3-5-10(11)7-8-20-13/h3-6,13H,7-9H2,1-2H3,(H2,16,18)(H,17,19)/t13-/m1/s1. The van der Waals surface area contributed by atoms with E-state index in [4.69, 9.17) is 10.5 Å². The lowest BCUT2D eigenvalue weighted by molar-refractivity contribution is -0.136. The number of ether oxygens (including phenoxy) is 1. The predicted molar refractivity (Wildman–Crippen MR) is 74.9 cm³/mol. The Balaban J connectivity index is 2.13. The fraction of sp³-hybridized carbons (Fsp3) is 0.467. The molecule has 1 heterocycles. The van der Waals surface area contributed by atoms with Crippen molar-refractivity contribution in [1.82, 2.24) is 5.32 Å². The first-order chi connectivity index (χ1) is 9.39. The zero-order chi connectivity index (χ0) is 14.8. The SMILES string of the molecule is CC(C)(CC(N)=O)NC(=O)[C@@H]1OCCc2ccccc21. The zero-order valence-electron chi connectivity index (χ0n) is 11.8. The van der Waals surface area contributed by atoms with Crippen molar-refractivity contribution in [2.75, 3.05) is 6.61 Å². The van der Waals surface area contributed by atoms with Crippen LogP contribution in [-0.4, -0.2) is 24.0 Å². The lowest BCUT2D eigenvalue weighted by atomic mass is 9.95. The van der Waals surface area contributed by atoms with Crippen molar-refractivity contribution in [3.8, 4) is 0 Å². The number of fused-ring (bicyclic) bond motifs is 1. The van der Waals surface area contributed by atoms with Crippen molar-refractivity contribution >= 4 is 11.8 Å². The molecule has 2 rings (SSSR count). The lowest BCUT2D eigenvalue weighted by Gasteiger charge is -2.30. The number of nitrogens with two attached hydrogens (primary N) is 1. The fourth-order valence-electron chi connectivity index (χ4n) is 2.49. The molecule has 108 valence electrons. The first kappa shape index (κ1) is 14.5. The number of hydrogen-bond acceptors (Lipinski definition) is 3. The molecule has 20 heavy (non-hydrogen) atoms. The number of amides is 2. The molecule has 0 spiro atoms. The summed E-state index contributed by atoms with van der Waals surface area (Å²) >= 11 is 0. The van der Waals surface area contributed by atoms with Crippen molar-refractivity contribution in [3.05, 3.63) is 35.4 Å². The van der Waals surface area contributed by atoms with Crippen LogP contribution in [-0.2, 0) is 20.7 Å². The summed E-state index contributed by atoms with van der Waals surface area (Å²) in [4.78, 5) is 23.4. The number of carbonyl (C=O) groups excluding carboxylic acids is 2. The van der Waals surface area contributed by atoms with Crippen LogP contribution in [0.25, 0.3) is 0 Å². The van der Waals surface area contributed by atoms with Crippen molar-refractivity contribution < 1.29 is 14.3 Å². The van der Waals surface area contributed by atoms with Gasteiger partial charge in [0.2, 0.25) is 5.91 Å². The third-order valence-electron chi connectivity index (χ3n) is 3.31. The minimum Gasteiger partial charge on any atom is -0.370 e. The molecule has 5 heteroatoms. The Hall–Kier alpha value is -1.88. The van der Waals surface area contributed by atoms with Gasteiger partial charge in [-0.1, -0.05) is 24.3 Å². The molecule has 0 aliphatic carbocycles. The van der Waals surface area contributed by atoms with Gasteiger partial charge in [0, 0.05) is 12.0 Å². The Morgan fingerprint density at radius 3 is 2.80 bits per heavy atom. The van der Waals surface area contributed by atoms with Crippen molar-refractivity contribution in [2.45, 2.75) is 38.3 Å². The second kappa shape index (κ2) is 5.63. The van der Waals surface area contributed by atoms with Crippen molar-refractivity contribution in [3.63, 3.8) is 0 Å². The summed E-state index contributed by atoms with van der Waals surface area (Å²) in [7, 11) is 0. The molecule has 1 aromatic carbocycles. The highest BCUT2D eigenvalue weighted by atomic mass is 16.5. The van der Waals surface area contributed by atoms with Gasteiger partial charge in [0.15, 0.2) is 6.10 Å². The molecule has 0 unspecified atom stereocenters. The first-order valence-electron chi connectivity index (χ1n) is 6.69. The van der Waals surface area contributed by atoms with E-state index < -0.39 is 17.6 Å². The summed E-state index contributed by atoms with van der Waals surface area (Å²) < 4.78 is 5.59. The average molecular weight is 276 g/mol. The molecule has 2 amide bonds. The molecule has 0 radical (unpaired) electrons. The van der Waals surface area contributed by atoms with Crippen molar-refractivity contribution in [1.29, 1.82) is 0 Å². The van der Waals surface area contributed by atoms with Gasteiger partial charge in [0.25, 0.3) is 5.91 Å². The van der Waals surface area contributed by atoms with E-state index in [9.17, 15) is 9.59 Å². The molecule has 0 saturated heterocycles. The molecule has 3 N–H and O–H groups in total.